The third kappa shape index (κ3) is 4.04. The molecule has 0 saturated carbocycles. The van der Waals surface area contributed by atoms with Gasteiger partial charge >= 0.3 is 5.82 Å². The first-order valence-electron chi connectivity index (χ1n) is 6.39. The van der Waals surface area contributed by atoms with Crippen molar-refractivity contribution in [2.24, 2.45) is 0 Å². The molecule has 0 aliphatic carbocycles. The van der Waals surface area contributed by atoms with Gasteiger partial charge in [-0.25, -0.2) is 9.55 Å². The smallest absolute Gasteiger partial charge is 0.343 e. The minimum absolute atomic E-state index is 0.304. The van der Waals surface area contributed by atoms with Gasteiger partial charge in [-0.15, -0.1) is 0 Å². The van der Waals surface area contributed by atoms with E-state index in [0.29, 0.717) is 16.4 Å². The fourth-order valence-electron chi connectivity index (χ4n) is 1.78. The molecular weight excluding hydrogens is 326 g/mol. The Bertz CT molecular complexity index is 756. The molecule has 0 atom stereocenters. The number of nitrogens with zero attached hydrogens (tertiary/aromatic N) is 3. The summed E-state index contributed by atoms with van der Waals surface area (Å²) in [6, 6.07) is 6.07. The second kappa shape index (κ2) is 6.88. The highest BCUT2D eigenvalue weighted by Crippen LogP contribution is 2.13. The first-order chi connectivity index (χ1) is 10.9. The number of amides is 2. The number of carbonyl (C=O) groups excluding carboxylic acids is 2. The molecule has 0 aliphatic heterocycles. The van der Waals surface area contributed by atoms with E-state index in [1.807, 2.05) is 0 Å². The zero-order valence-electron chi connectivity index (χ0n) is 11.9. The van der Waals surface area contributed by atoms with Crippen LogP contribution < -0.4 is 10.9 Å². The molecule has 0 aliphatic rings. The second-order valence-electron chi connectivity index (χ2n) is 4.52. The third-order valence-electron chi connectivity index (χ3n) is 2.94. The van der Waals surface area contributed by atoms with Crippen LogP contribution in [-0.4, -0.2) is 26.3 Å². The van der Waals surface area contributed by atoms with E-state index in [1.165, 1.54) is 31.2 Å². The Kier molecular flexibility index (Phi) is 4.91. The minimum Gasteiger partial charge on any atom is -0.358 e. The zero-order valence-corrected chi connectivity index (χ0v) is 12.7. The van der Waals surface area contributed by atoms with E-state index in [4.69, 9.17) is 11.6 Å². The SMILES string of the molecule is Cc1ncc([N+](=O)[O-])n1CC(=O)NNC(=O)c1ccc(Cl)cc1. The molecule has 1 heterocycles. The molecule has 120 valence electrons. The van der Waals surface area contributed by atoms with Gasteiger partial charge in [-0.3, -0.25) is 20.4 Å². The number of carbonyl (C=O) groups is 2. The van der Waals surface area contributed by atoms with E-state index in [-0.39, 0.29) is 12.4 Å². The van der Waals surface area contributed by atoms with Crippen LogP contribution in [-0.2, 0) is 11.3 Å². The molecule has 0 saturated heterocycles. The largest absolute Gasteiger partial charge is 0.358 e. The van der Waals surface area contributed by atoms with Crippen LogP contribution in [0.4, 0.5) is 5.82 Å². The number of hydrogen-bond donors (Lipinski definition) is 2. The highest BCUT2D eigenvalue weighted by atomic mass is 35.5. The van der Waals surface area contributed by atoms with Crippen LogP contribution in [0.5, 0.6) is 0 Å². The van der Waals surface area contributed by atoms with E-state index in [1.54, 1.807) is 0 Å². The number of hydrazine groups is 1. The zero-order chi connectivity index (χ0) is 17.0. The summed E-state index contributed by atoms with van der Waals surface area (Å²) < 4.78 is 1.13. The van der Waals surface area contributed by atoms with Crippen molar-refractivity contribution in [3.63, 3.8) is 0 Å². The maximum absolute atomic E-state index is 11.8. The van der Waals surface area contributed by atoms with E-state index in [9.17, 15) is 19.7 Å². The van der Waals surface area contributed by atoms with Gasteiger partial charge in [0.1, 0.15) is 6.20 Å². The van der Waals surface area contributed by atoms with Crippen molar-refractivity contribution in [1.82, 2.24) is 20.4 Å². The van der Waals surface area contributed by atoms with Crippen molar-refractivity contribution in [1.29, 1.82) is 0 Å². The fraction of sp³-hybridized carbons (Fsp3) is 0.154. The Morgan fingerprint density at radius 2 is 1.96 bits per heavy atom. The van der Waals surface area contributed by atoms with Gasteiger partial charge in [0, 0.05) is 17.5 Å². The molecule has 9 nitrogen and oxygen atoms in total. The van der Waals surface area contributed by atoms with Crippen molar-refractivity contribution >= 4 is 29.2 Å². The van der Waals surface area contributed by atoms with Gasteiger partial charge in [0.2, 0.25) is 0 Å². The molecule has 10 heteroatoms. The first kappa shape index (κ1) is 16.4. The van der Waals surface area contributed by atoms with Crippen molar-refractivity contribution in [2.45, 2.75) is 13.5 Å². The van der Waals surface area contributed by atoms with Crippen molar-refractivity contribution < 1.29 is 14.5 Å². The maximum atomic E-state index is 11.8. The summed E-state index contributed by atoms with van der Waals surface area (Å²) in [6.07, 6.45) is 1.06. The summed E-state index contributed by atoms with van der Waals surface area (Å²) in [5.74, 6) is -1.15. The number of aryl methyl sites for hydroxylation is 1. The summed E-state index contributed by atoms with van der Waals surface area (Å²) in [5, 5.41) is 11.3. The molecular formula is C13H12ClN5O4. The molecule has 2 rings (SSSR count). The predicted octanol–water partition coefficient (Wildman–Crippen LogP) is 1.21. The lowest BCUT2D eigenvalue weighted by atomic mass is 10.2. The first-order valence-corrected chi connectivity index (χ1v) is 6.77. The summed E-state index contributed by atoms with van der Waals surface area (Å²) in [7, 11) is 0. The molecule has 1 aromatic carbocycles. The highest BCUT2D eigenvalue weighted by Gasteiger charge is 2.20. The van der Waals surface area contributed by atoms with Crippen molar-refractivity contribution in [3.8, 4) is 0 Å². The van der Waals surface area contributed by atoms with E-state index in [0.717, 1.165) is 10.8 Å². The second-order valence-corrected chi connectivity index (χ2v) is 4.95. The lowest BCUT2D eigenvalue weighted by molar-refractivity contribution is -0.392. The fourth-order valence-corrected chi connectivity index (χ4v) is 1.91. The summed E-state index contributed by atoms with van der Waals surface area (Å²) in [4.78, 5) is 37.6. The molecule has 0 fully saturated rings. The number of imidazole rings is 1. The minimum atomic E-state index is -0.639. The summed E-state index contributed by atoms with van der Waals surface area (Å²) in [6.45, 7) is 1.19. The average molecular weight is 338 g/mol. The Labute approximate surface area is 135 Å². The van der Waals surface area contributed by atoms with Gasteiger partial charge in [0.05, 0.1) is 0 Å². The average Bonchev–Trinajstić information content (AvgIpc) is 2.87. The molecule has 0 unspecified atom stereocenters. The maximum Gasteiger partial charge on any atom is 0.343 e. The molecule has 2 N–H and O–H groups in total. The number of nitrogens with one attached hydrogen (secondary N) is 2. The number of aromatic nitrogens is 2. The molecule has 2 aromatic rings. The van der Waals surface area contributed by atoms with Gasteiger partial charge < -0.3 is 10.1 Å². The standard InChI is InChI=1S/C13H12ClN5O4/c1-8-15-6-12(19(22)23)18(8)7-11(20)16-17-13(21)9-2-4-10(14)5-3-9/h2-6H,7H2,1H3,(H,16,20)(H,17,21). The van der Waals surface area contributed by atoms with Crippen LogP contribution in [0.1, 0.15) is 16.2 Å². The van der Waals surface area contributed by atoms with Crippen LogP contribution in [0.25, 0.3) is 0 Å². The van der Waals surface area contributed by atoms with Crippen LogP contribution in [0, 0.1) is 17.0 Å². The number of halogens is 1. The topological polar surface area (TPSA) is 119 Å². The normalized spacial score (nSPS) is 10.2. The van der Waals surface area contributed by atoms with Gasteiger partial charge in [-0.05, 0) is 29.2 Å². The Morgan fingerprint density at radius 3 is 2.57 bits per heavy atom. The van der Waals surface area contributed by atoms with Crippen molar-refractivity contribution in [2.75, 3.05) is 0 Å². The van der Waals surface area contributed by atoms with Gasteiger partial charge in [-0.1, -0.05) is 11.6 Å². The van der Waals surface area contributed by atoms with Crippen molar-refractivity contribution in [3.05, 3.63) is 57.0 Å². The quantitative estimate of drug-likeness (QED) is 0.642. The van der Waals surface area contributed by atoms with Crippen LogP contribution in [0.2, 0.25) is 5.02 Å². The molecule has 0 bridgehead atoms. The lowest BCUT2D eigenvalue weighted by Gasteiger charge is -2.07. The van der Waals surface area contributed by atoms with E-state index >= 15 is 0 Å². The molecule has 2 amide bonds. The molecule has 0 radical (unpaired) electrons. The third-order valence-corrected chi connectivity index (χ3v) is 3.20. The highest BCUT2D eigenvalue weighted by molar-refractivity contribution is 6.30. The van der Waals surface area contributed by atoms with Crippen LogP contribution in [0.3, 0.4) is 0 Å². The van der Waals surface area contributed by atoms with Gasteiger partial charge in [0.15, 0.2) is 12.4 Å². The van der Waals surface area contributed by atoms with Gasteiger partial charge in [-0.2, -0.15) is 0 Å². The van der Waals surface area contributed by atoms with Gasteiger partial charge in [0.25, 0.3) is 11.8 Å². The monoisotopic (exact) mass is 337 g/mol. The Hall–Kier alpha value is -2.94. The number of nitro groups is 1. The Morgan fingerprint density at radius 1 is 1.30 bits per heavy atom. The summed E-state index contributed by atoms with van der Waals surface area (Å²) >= 11 is 5.71. The molecule has 1 aromatic heterocycles. The molecule has 0 spiro atoms. The Balaban J connectivity index is 1.95. The lowest BCUT2D eigenvalue weighted by Crippen LogP contribution is -2.43. The number of benzene rings is 1. The van der Waals surface area contributed by atoms with Crippen LogP contribution in [0.15, 0.2) is 30.5 Å². The molecule has 23 heavy (non-hydrogen) atoms. The number of hydrogen-bond acceptors (Lipinski definition) is 5. The predicted molar refractivity (Wildman–Crippen MR) is 80.7 cm³/mol. The number of rotatable bonds is 4. The van der Waals surface area contributed by atoms with E-state index < -0.39 is 16.7 Å². The van der Waals surface area contributed by atoms with Crippen LogP contribution >= 0.6 is 11.6 Å². The van der Waals surface area contributed by atoms with E-state index in [2.05, 4.69) is 15.8 Å². The summed E-state index contributed by atoms with van der Waals surface area (Å²) in [5.41, 5.74) is 4.70.